The van der Waals surface area contributed by atoms with Crippen LogP contribution in [0, 0.1) is 0 Å². The van der Waals surface area contributed by atoms with Crippen molar-refractivity contribution in [2.75, 3.05) is 24.2 Å². The second-order valence-corrected chi connectivity index (χ2v) is 9.67. The highest BCUT2D eigenvalue weighted by Gasteiger charge is 2.28. The molecule has 4 rings (SSSR count). The zero-order chi connectivity index (χ0) is 22.5. The van der Waals surface area contributed by atoms with E-state index in [1.807, 2.05) is 12.2 Å². The van der Waals surface area contributed by atoms with Crippen LogP contribution in [0.25, 0.3) is 0 Å². The fraction of sp³-hybridized carbons (Fsp3) is 0.565. The molecule has 1 saturated heterocycles. The molecule has 0 aromatic carbocycles. The maximum atomic E-state index is 12.4. The average molecular weight is 462 g/mol. The number of aliphatic hydroxyl groups is 1. The molecule has 9 heteroatoms. The lowest BCUT2D eigenvalue weighted by Crippen LogP contribution is -2.36. The van der Waals surface area contributed by atoms with Gasteiger partial charge in [-0.2, -0.15) is 0 Å². The number of ether oxygens (including phenoxy) is 2. The number of carbonyl (C=O) groups excluding carboxylic acids is 2. The first kappa shape index (κ1) is 22.8. The Kier molecular flexibility index (Phi) is 7.49. The first-order valence-corrected chi connectivity index (χ1v) is 12.1. The highest BCUT2D eigenvalue weighted by atomic mass is 32.1. The number of nitrogens with two attached hydrogens (primary N) is 1. The Morgan fingerprint density at radius 2 is 2.19 bits per heavy atom. The molecule has 32 heavy (non-hydrogen) atoms. The SMILES string of the molecule is Nc1c(NC(=O)CCC2=CC=CC(O)C2)sc2c1CCC(OC(=O)NCC1CCCO1)C2. The summed E-state index contributed by atoms with van der Waals surface area (Å²) in [5.41, 5.74) is 9.03. The van der Waals surface area contributed by atoms with Gasteiger partial charge >= 0.3 is 6.09 Å². The zero-order valence-corrected chi connectivity index (χ0v) is 18.9. The predicted octanol–water partition coefficient (Wildman–Crippen LogP) is 3.06. The topological polar surface area (TPSA) is 123 Å². The van der Waals surface area contributed by atoms with Crippen molar-refractivity contribution in [3.63, 3.8) is 0 Å². The Morgan fingerprint density at radius 3 is 2.97 bits per heavy atom. The minimum atomic E-state index is -0.467. The Balaban J connectivity index is 1.26. The van der Waals surface area contributed by atoms with Crippen molar-refractivity contribution in [3.8, 4) is 0 Å². The van der Waals surface area contributed by atoms with E-state index in [9.17, 15) is 14.7 Å². The summed E-state index contributed by atoms with van der Waals surface area (Å²) >= 11 is 1.46. The van der Waals surface area contributed by atoms with E-state index in [0.717, 1.165) is 35.5 Å². The monoisotopic (exact) mass is 461 g/mol. The summed E-state index contributed by atoms with van der Waals surface area (Å²) < 4.78 is 11.1. The van der Waals surface area contributed by atoms with Gasteiger partial charge < -0.3 is 30.9 Å². The van der Waals surface area contributed by atoms with Crippen LogP contribution < -0.4 is 16.4 Å². The molecule has 1 aliphatic heterocycles. The third-order valence-corrected chi connectivity index (χ3v) is 7.28. The number of nitrogen functional groups attached to an aromatic ring is 1. The summed E-state index contributed by atoms with van der Waals surface area (Å²) in [5.74, 6) is -0.0958. The molecule has 0 radical (unpaired) electrons. The number of hydrogen-bond acceptors (Lipinski definition) is 7. The number of anilines is 2. The molecule has 3 atom stereocenters. The van der Waals surface area contributed by atoms with Gasteiger partial charge in [0.1, 0.15) is 11.1 Å². The third kappa shape index (κ3) is 5.90. The molecular weight excluding hydrogens is 430 g/mol. The van der Waals surface area contributed by atoms with Gasteiger partial charge in [-0.25, -0.2) is 4.79 Å². The third-order valence-electron chi connectivity index (χ3n) is 6.10. The molecule has 8 nitrogen and oxygen atoms in total. The van der Waals surface area contributed by atoms with E-state index >= 15 is 0 Å². The van der Waals surface area contributed by atoms with Gasteiger partial charge in [-0.05, 0) is 44.1 Å². The van der Waals surface area contributed by atoms with E-state index in [-0.39, 0.29) is 18.1 Å². The number of allylic oxidation sites excluding steroid dienone is 2. The molecule has 2 heterocycles. The van der Waals surface area contributed by atoms with Crippen LogP contribution in [0.4, 0.5) is 15.5 Å². The van der Waals surface area contributed by atoms with Crippen molar-refractivity contribution in [1.29, 1.82) is 0 Å². The number of aliphatic hydroxyl groups excluding tert-OH is 1. The fourth-order valence-electron chi connectivity index (χ4n) is 4.34. The van der Waals surface area contributed by atoms with Crippen LogP contribution in [0.15, 0.2) is 23.8 Å². The maximum absolute atomic E-state index is 12.4. The number of thiophene rings is 1. The fourth-order valence-corrected chi connectivity index (χ4v) is 5.59. The van der Waals surface area contributed by atoms with Crippen molar-refractivity contribution >= 4 is 34.0 Å². The molecule has 1 fully saturated rings. The van der Waals surface area contributed by atoms with E-state index in [1.165, 1.54) is 11.3 Å². The summed E-state index contributed by atoms with van der Waals surface area (Å²) in [6, 6.07) is 0. The van der Waals surface area contributed by atoms with Gasteiger partial charge in [-0.1, -0.05) is 23.8 Å². The van der Waals surface area contributed by atoms with Crippen molar-refractivity contribution in [2.45, 2.75) is 69.7 Å². The maximum Gasteiger partial charge on any atom is 0.407 e. The molecule has 2 aliphatic carbocycles. The molecular formula is C23H31N3O5S. The molecule has 174 valence electrons. The largest absolute Gasteiger partial charge is 0.446 e. The number of carbonyl (C=O) groups is 2. The molecule has 0 bridgehead atoms. The molecule has 1 aromatic rings. The van der Waals surface area contributed by atoms with Crippen molar-refractivity contribution in [3.05, 3.63) is 34.2 Å². The lowest BCUT2D eigenvalue weighted by atomic mass is 9.95. The number of fused-ring (bicyclic) bond motifs is 1. The number of hydrogen-bond donors (Lipinski definition) is 4. The van der Waals surface area contributed by atoms with Crippen molar-refractivity contribution in [2.24, 2.45) is 0 Å². The number of alkyl carbamates (subject to hydrolysis) is 1. The average Bonchev–Trinajstić information content (AvgIpc) is 3.39. The van der Waals surface area contributed by atoms with Crippen LogP contribution in [0.3, 0.4) is 0 Å². The summed E-state index contributed by atoms with van der Waals surface area (Å²) in [6.45, 7) is 1.23. The molecule has 0 spiro atoms. The van der Waals surface area contributed by atoms with Crippen molar-refractivity contribution in [1.82, 2.24) is 5.32 Å². The highest BCUT2D eigenvalue weighted by molar-refractivity contribution is 7.17. The van der Waals surface area contributed by atoms with Crippen LogP contribution in [0.2, 0.25) is 0 Å². The standard InChI is InChI=1S/C23H31N3O5S/c24-21-18-8-7-16(31-23(29)25-13-17-5-2-10-30-17)12-19(18)32-22(21)26-20(28)9-6-14-3-1-4-15(27)11-14/h1,3-4,15-17,27H,2,5-13,24H2,(H,25,29)(H,26,28). The van der Waals surface area contributed by atoms with Gasteiger partial charge in [0.05, 0.1) is 17.9 Å². The number of amides is 2. The van der Waals surface area contributed by atoms with E-state index < -0.39 is 12.2 Å². The molecule has 5 N–H and O–H groups in total. The normalized spacial score (nSPS) is 24.5. The van der Waals surface area contributed by atoms with Gasteiger partial charge in [0.25, 0.3) is 0 Å². The first-order chi connectivity index (χ1) is 15.5. The van der Waals surface area contributed by atoms with E-state index in [0.29, 0.717) is 55.8 Å². The molecule has 0 saturated carbocycles. The lowest BCUT2D eigenvalue weighted by Gasteiger charge is -2.23. The predicted molar refractivity (Wildman–Crippen MR) is 124 cm³/mol. The summed E-state index contributed by atoms with van der Waals surface area (Å²) in [6.07, 6.45) is 10.1. The van der Waals surface area contributed by atoms with Crippen LogP contribution in [-0.2, 0) is 27.1 Å². The summed E-state index contributed by atoms with van der Waals surface area (Å²) in [7, 11) is 0. The molecule has 3 aliphatic rings. The zero-order valence-electron chi connectivity index (χ0n) is 18.1. The minimum Gasteiger partial charge on any atom is -0.446 e. The van der Waals surface area contributed by atoms with Gasteiger partial charge in [0.2, 0.25) is 5.91 Å². The van der Waals surface area contributed by atoms with Crippen LogP contribution in [0.1, 0.15) is 49.0 Å². The van der Waals surface area contributed by atoms with Gasteiger partial charge in [-0.15, -0.1) is 11.3 Å². The molecule has 3 unspecified atom stereocenters. The summed E-state index contributed by atoms with van der Waals surface area (Å²) in [5, 5.41) is 16.1. The number of rotatable bonds is 7. The van der Waals surface area contributed by atoms with Crippen molar-refractivity contribution < 1.29 is 24.2 Å². The smallest absolute Gasteiger partial charge is 0.407 e. The minimum absolute atomic E-state index is 0.0831. The quantitative estimate of drug-likeness (QED) is 0.495. The van der Waals surface area contributed by atoms with E-state index in [1.54, 1.807) is 6.08 Å². The van der Waals surface area contributed by atoms with Gasteiger partial charge in [-0.3, -0.25) is 4.79 Å². The Morgan fingerprint density at radius 1 is 1.31 bits per heavy atom. The Hall–Kier alpha value is -2.36. The first-order valence-electron chi connectivity index (χ1n) is 11.3. The van der Waals surface area contributed by atoms with Crippen LogP contribution >= 0.6 is 11.3 Å². The van der Waals surface area contributed by atoms with Crippen LogP contribution in [0.5, 0.6) is 0 Å². The second kappa shape index (κ2) is 10.5. The second-order valence-electron chi connectivity index (χ2n) is 8.56. The van der Waals surface area contributed by atoms with Crippen LogP contribution in [-0.4, -0.2) is 48.6 Å². The van der Waals surface area contributed by atoms with Gasteiger partial charge in [0, 0.05) is 30.9 Å². The molecule has 2 amide bonds. The van der Waals surface area contributed by atoms with Gasteiger partial charge in [0.15, 0.2) is 0 Å². The van der Waals surface area contributed by atoms with E-state index in [4.69, 9.17) is 15.2 Å². The summed E-state index contributed by atoms with van der Waals surface area (Å²) in [4.78, 5) is 25.6. The number of nitrogens with one attached hydrogen (secondary N) is 2. The molecule has 1 aromatic heterocycles. The Labute approximate surface area is 191 Å². The lowest BCUT2D eigenvalue weighted by molar-refractivity contribution is -0.116. The van der Waals surface area contributed by atoms with E-state index in [2.05, 4.69) is 10.6 Å². The Bertz CT molecular complexity index is 904. The highest BCUT2D eigenvalue weighted by Crippen LogP contribution is 2.40.